The number of nitrogens with one attached hydrogen (secondary N) is 1. The van der Waals surface area contributed by atoms with Crippen molar-refractivity contribution in [2.24, 2.45) is 0 Å². The first-order valence-corrected chi connectivity index (χ1v) is 9.60. The number of carbonyl (C=O) groups excluding carboxylic acids is 1. The van der Waals surface area contributed by atoms with Crippen LogP contribution >= 0.6 is 11.6 Å². The Morgan fingerprint density at radius 2 is 1.83 bits per heavy atom. The van der Waals surface area contributed by atoms with E-state index in [0.717, 1.165) is 5.56 Å². The van der Waals surface area contributed by atoms with E-state index in [4.69, 9.17) is 16.3 Å². The minimum Gasteiger partial charge on any atom is -0.450 e. The van der Waals surface area contributed by atoms with E-state index >= 15 is 0 Å². The summed E-state index contributed by atoms with van der Waals surface area (Å²) in [5.41, 5.74) is 0.827. The van der Waals surface area contributed by atoms with Gasteiger partial charge in [-0.25, -0.2) is 4.79 Å². The molecule has 0 radical (unpaired) electrons. The van der Waals surface area contributed by atoms with Crippen molar-refractivity contribution in [1.82, 2.24) is 13.9 Å². The third-order valence-corrected chi connectivity index (χ3v) is 5.75. The van der Waals surface area contributed by atoms with Gasteiger partial charge < -0.3 is 9.64 Å². The van der Waals surface area contributed by atoms with Gasteiger partial charge in [-0.2, -0.15) is 17.4 Å². The number of piperazine rings is 1. The highest BCUT2D eigenvalue weighted by Gasteiger charge is 2.30. The van der Waals surface area contributed by atoms with E-state index in [1.807, 2.05) is 0 Å². The minimum absolute atomic E-state index is 0.238. The van der Waals surface area contributed by atoms with Gasteiger partial charge in [0, 0.05) is 37.2 Å². The molecule has 134 valence electrons. The van der Waals surface area contributed by atoms with Crippen LogP contribution in [0.15, 0.2) is 24.3 Å². The molecule has 1 N–H and O–H groups in total. The van der Waals surface area contributed by atoms with Crippen molar-refractivity contribution in [3.63, 3.8) is 0 Å². The molecular formula is C15H22ClN3O4S. The highest BCUT2D eigenvalue weighted by atomic mass is 35.5. The molecule has 7 nitrogen and oxygen atoms in total. The van der Waals surface area contributed by atoms with Gasteiger partial charge in [-0.05, 0) is 31.5 Å². The van der Waals surface area contributed by atoms with Crippen molar-refractivity contribution in [1.29, 1.82) is 0 Å². The Bertz CT molecular complexity index is 658. The Hall–Kier alpha value is -1.35. The van der Waals surface area contributed by atoms with E-state index in [2.05, 4.69) is 4.72 Å². The number of hydrogen-bond acceptors (Lipinski definition) is 4. The van der Waals surface area contributed by atoms with Crippen molar-refractivity contribution in [3.8, 4) is 0 Å². The van der Waals surface area contributed by atoms with Gasteiger partial charge in [0.25, 0.3) is 10.2 Å². The fourth-order valence-corrected chi connectivity index (χ4v) is 3.95. The Morgan fingerprint density at radius 3 is 2.38 bits per heavy atom. The van der Waals surface area contributed by atoms with Crippen LogP contribution in [0.3, 0.4) is 0 Å². The number of carbonyl (C=O) groups is 1. The third-order valence-electron chi connectivity index (χ3n) is 3.80. The van der Waals surface area contributed by atoms with E-state index in [1.54, 1.807) is 38.1 Å². The van der Waals surface area contributed by atoms with Crippen LogP contribution < -0.4 is 4.72 Å². The lowest BCUT2D eigenvalue weighted by Crippen LogP contribution is -2.53. The normalized spacial score (nSPS) is 17.5. The van der Waals surface area contributed by atoms with E-state index < -0.39 is 16.3 Å². The molecule has 0 aliphatic carbocycles. The molecule has 0 spiro atoms. The first-order chi connectivity index (χ1) is 11.3. The topological polar surface area (TPSA) is 79.0 Å². The van der Waals surface area contributed by atoms with Crippen LogP contribution in [0.5, 0.6) is 0 Å². The second-order valence-electron chi connectivity index (χ2n) is 5.48. The van der Waals surface area contributed by atoms with Crippen molar-refractivity contribution in [3.05, 3.63) is 34.9 Å². The molecule has 1 unspecified atom stereocenters. The molecule has 0 bridgehead atoms. The summed E-state index contributed by atoms with van der Waals surface area (Å²) < 4.78 is 33.9. The lowest BCUT2D eigenvalue weighted by Gasteiger charge is -2.33. The van der Waals surface area contributed by atoms with Crippen molar-refractivity contribution < 1.29 is 17.9 Å². The molecule has 1 saturated heterocycles. The summed E-state index contributed by atoms with van der Waals surface area (Å²) in [6.45, 7) is 4.92. The van der Waals surface area contributed by atoms with Gasteiger partial charge in [-0.3, -0.25) is 0 Å². The highest BCUT2D eigenvalue weighted by Crippen LogP contribution is 2.18. The van der Waals surface area contributed by atoms with Crippen LogP contribution in [-0.4, -0.2) is 56.5 Å². The van der Waals surface area contributed by atoms with Crippen LogP contribution in [0, 0.1) is 0 Å². The molecule has 1 aromatic carbocycles. The zero-order valence-corrected chi connectivity index (χ0v) is 15.3. The maximum Gasteiger partial charge on any atom is 0.409 e. The van der Waals surface area contributed by atoms with E-state index in [0.29, 0.717) is 24.7 Å². The molecule has 0 saturated carbocycles. The van der Waals surface area contributed by atoms with Crippen molar-refractivity contribution in [2.75, 3.05) is 32.8 Å². The van der Waals surface area contributed by atoms with E-state index in [-0.39, 0.29) is 19.1 Å². The predicted octanol–water partition coefficient (Wildman–Crippen LogP) is 2.01. The molecule has 1 amide bonds. The van der Waals surface area contributed by atoms with Crippen molar-refractivity contribution >= 4 is 27.9 Å². The zero-order valence-electron chi connectivity index (χ0n) is 13.7. The number of benzene rings is 1. The molecule has 1 atom stereocenters. The van der Waals surface area contributed by atoms with Crippen molar-refractivity contribution in [2.45, 2.75) is 19.9 Å². The fraction of sp³-hybridized carbons (Fsp3) is 0.533. The molecule has 0 aromatic heterocycles. The second-order valence-corrected chi connectivity index (χ2v) is 7.62. The van der Waals surface area contributed by atoms with Gasteiger partial charge in [-0.1, -0.05) is 23.7 Å². The molecule has 2 rings (SSSR count). The third kappa shape index (κ3) is 4.83. The summed E-state index contributed by atoms with van der Waals surface area (Å²) in [7, 11) is -3.63. The van der Waals surface area contributed by atoms with Gasteiger partial charge in [-0.15, -0.1) is 0 Å². The van der Waals surface area contributed by atoms with Gasteiger partial charge in [0.05, 0.1) is 6.61 Å². The summed E-state index contributed by atoms with van der Waals surface area (Å²) in [5.74, 6) is 0. The second kappa shape index (κ2) is 8.15. The Labute approximate surface area is 147 Å². The fourth-order valence-electron chi connectivity index (χ4n) is 2.44. The molecule has 1 heterocycles. The number of amides is 1. The summed E-state index contributed by atoms with van der Waals surface area (Å²) in [4.78, 5) is 13.2. The average Bonchev–Trinajstić information content (AvgIpc) is 2.55. The summed E-state index contributed by atoms with van der Waals surface area (Å²) >= 11 is 5.84. The first kappa shape index (κ1) is 19.0. The lowest BCUT2D eigenvalue weighted by molar-refractivity contribution is 0.0932. The Balaban J connectivity index is 1.94. The molecular weight excluding hydrogens is 354 g/mol. The monoisotopic (exact) mass is 375 g/mol. The number of hydrogen-bond donors (Lipinski definition) is 1. The van der Waals surface area contributed by atoms with Crippen LogP contribution in [0.1, 0.15) is 25.5 Å². The maximum absolute atomic E-state index is 12.5. The van der Waals surface area contributed by atoms with Gasteiger partial charge in [0.1, 0.15) is 0 Å². The number of nitrogens with zero attached hydrogens (tertiary/aromatic N) is 2. The predicted molar refractivity (Wildman–Crippen MR) is 92.1 cm³/mol. The summed E-state index contributed by atoms with van der Waals surface area (Å²) in [6.07, 6.45) is -0.406. The zero-order chi connectivity index (χ0) is 17.7. The maximum atomic E-state index is 12.5. The number of halogens is 1. The smallest absolute Gasteiger partial charge is 0.409 e. The average molecular weight is 376 g/mol. The number of ether oxygens (including phenoxy) is 1. The SMILES string of the molecule is CCOC(=O)N1CCN(S(=O)(=O)NC(C)c2ccc(Cl)cc2)CC1. The minimum atomic E-state index is -3.63. The molecule has 1 aliphatic rings. The Morgan fingerprint density at radius 1 is 1.25 bits per heavy atom. The summed E-state index contributed by atoms with van der Waals surface area (Å²) in [5, 5.41) is 0.601. The number of rotatable bonds is 5. The quantitative estimate of drug-likeness (QED) is 0.853. The van der Waals surface area contributed by atoms with E-state index in [9.17, 15) is 13.2 Å². The molecule has 1 fully saturated rings. The van der Waals surface area contributed by atoms with Crippen LogP contribution in [-0.2, 0) is 14.9 Å². The first-order valence-electron chi connectivity index (χ1n) is 7.78. The van der Waals surface area contributed by atoms with Gasteiger partial charge >= 0.3 is 6.09 Å². The van der Waals surface area contributed by atoms with Crippen LogP contribution in [0.25, 0.3) is 0 Å². The van der Waals surface area contributed by atoms with E-state index in [1.165, 1.54) is 9.21 Å². The van der Waals surface area contributed by atoms with Gasteiger partial charge in [0.15, 0.2) is 0 Å². The Kier molecular flexibility index (Phi) is 6.45. The van der Waals surface area contributed by atoms with Gasteiger partial charge in [0.2, 0.25) is 0 Å². The lowest BCUT2D eigenvalue weighted by atomic mass is 10.1. The standard InChI is InChI=1S/C15H22ClN3O4S/c1-3-23-15(20)18-8-10-19(11-9-18)24(21,22)17-12(2)13-4-6-14(16)7-5-13/h4-7,12,17H,3,8-11H2,1-2H3. The largest absolute Gasteiger partial charge is 0.450 e. The van der Waals surface area contributed by atoms with Crippen LogP contribution in [0.2, 0.25) is 5.02 Å². The molecule has 1 aliphatic heterocycles. The molecule has 1 aromatic rings. The molecule has 9 heteroatoms. The molecule has 24 heavy (non-hydrogen) atoms. The van der Waals surface area contributed by atoms with Crippen LogP contribution in [0.4, 0.5) is 4.79 Å². The highest BCUT2D eigenvalue weighted by molar-refractivity contribution is 7.87. The summed E-state index contributed by atoms with van der Waals surface area (Å²) in [6, 6.07) is 6.64.